The number of carbonyl (C=O) groups excluding carboxylic acids is 1. The molecule has 0 saturated heterocycles. The molecule has 0 N–H and O–H groups in total. The lowest BCUT2D eigenvalue weighted by Gasteiger charge is -2.19. The highest BCUT2D eigenvalue weighted by Crippen LogP contribution is 2.16. The van der Waals surface area contributed by atoms with E-state index in [2.05, 4.69) is 5.10 Å². The van der Waals surface area contributed by atoms with Crippen molar-refractivity contribution in [3.63, 3.8) is 0 Å². The molecule has 0 aliphatic heterocycles. The molecule has 0 fully saturated rings. The standard InChI is InChI=1S/C17H21N3O/c1-5-20(15-9-7-6-8-10-15)17(21)12-11-16-13(2)18-19(4)14(16)3/h6-12H,5H2,1-4H3/b12-11+. The second-order valence-corrected chi connectivity index (χ2v) is 4.96. The molecule has 1 aromatic carbocycles. The zero-order chi connectivity index (χ0) is 15.4. The number of hydrogen-bond acceptors (Lipinski definition) is 2. The summed E-state index contributed by atoms with van der Waals surface area (Å²) in [6, 6.07) is 9.69. The van der Waals surface area contributed by atoms with Gasteiger partial charge >= 0.3 is 0 Å². The van der Waals surface area contributed by atoms with Crippen molar-refractivity contribution in [2.24, 2.45) is 7.05 Å². The first-order chi connectivity index (χ1) is 10.0. The van der Waals surface area contributed by atoms with Crippen LogP contribution in [0, 0.1) is 13.8 Å². The van der Waals surface area contributed by atoms with E-state index >= 15 is 0 Å². The van der Waals surface area contributed by atoms with Crippen molar-refractivity contribution in [2.75, 3.05) is 11.4 Å². The molecule has 1 amide bonds. The first kappa shape index (κ1) is 15.0. The molecule has 0 unspecified atom stereocenters. The van der Waals surface area contributed by atoms with E-state index in [1.54, 1.807) is 11.0 Å². The molecule has 0 saturated carbocycles. The van der Waals surface area contributed by atoms with Crippen LogP contribution < -0.4 is 4.90 Å². The highest BCUT2D eigenvalue weighted by atomic mass is 16.2. The maximum Gasteiger partial charge on any atom is 0.250 e. The van der Waals surface area contributed by atoms with Crippen LogP contribution in [-0.2, 0) is 11.8 Å². The third-order valence-electron chi connectivity index (χ3n) is 3.61. The predicted octanol–water partition coefficient (Wildman–Crippen LogP) is 3.10. The van der Waals surface area contributed by atoms with Crippen LogP contribution in [0.15, 0.2) is 36.4 Å². The summed E-state index contributed by atoms with van der Waals surface area (Å²) in [6.07, 6.45) is 3.47. The molecule has 0 aliphatic carbocycles. The van der Waals surface area contributed by atoms with Crippen LogP contribution >= 0.6 is 0 Å². The number of aromatic nitrogens is 2. The summed E-state index contributed by atoms with van der Waals surface area (Å²) in [5, 5.41) is 4.35. The maximum absolute atomic E-state index is 12.4. The largest absolute Gasteiger partial charge is 0.309 e. The van der Waals surface area contributed by atoms with E-state index in [1.165, 1.54) is 0 Å². The van der Waals surface area contributed by atoms with Gasteiger partial charge in [0, 0.05) is 36.6 Å². The zero-order valence-corrected chi connectivity index (χ0v) is 13.0. The Labute approximate surface area is 125 Å². The quantitative estimate of drug-likeness (QED) is 0.809. The van der Waals surface area contributed by atoms with Crippen LogP contribution in [0.5, 0.6) is 0 Å². The molecule has 110 valence electrons. The van der Waals surface area contributed by atoms with E-state index in [-0.39, 0.29) is 5.91 Å². The molecule has 0 bridgehead atoms. The number of aryl methyl sites for hydroxylation is 2. The van der Waals surface area contributed by atoms with Gasteiger partial charge in [0.15, 0.2) is 0 Å². The normalized spacial score (nSPS) is 11.0. The maximum atomic E-state index is 12.4. The van der Waals surface area contributed by atoms with Crippen molar-refractivity contribution in [1.29, 1.82) is 0 Å². The molecule has 0 radical (unpaired) electrons. The number of para-hydroxylation sites is 1. The van der Waals surface area contributed by atoms with Crippen LogP contribution in [0.25, 0.3) is 6.08 Å². The number of hydrogen-bond donors (Lipinski definition) is 0. The van der Waals surface area contributed by atoms with Crippen LogP contribution in [0.3, 0.4) is 0 Å². The van der Waals surface area contributed by atoms with E-state index in [9.17, 15) is 4.79 Å². The number of amides is 1. The first-order valence-corrected chi connectivity index (χ1v) is 7.09. The lowest BCUT2D eigenvalue weighted by Crippen LogP contribution is -2.28. The summed E-state index contributed by atoms with van der Waals surface area (Å²) < 4.78 is 1.83. The fourth-order valence-electron chi connectivity index (χ4n) is 2.35. The fraction of sp³-hybridized carbons (Fsp3) is 0.294. The van der Waals surface area contributed by atoms with Gasteiger partial charge < -0.3 is 4.90 Å². The number of carbonyl (C=O) groups is 1. The van der Waals surface area contributed by atoms with E-state index in [4.69, 9.17) is 0 Å². The highest BCUT2D eigenvalue weighted by Gasteiger charge is 2.11. The molecule has 0 aliphatic rings. The first-order valence-electron chi connectivity index (χ1n) is 7.09. The third kappa shape index (κ3) is 3.21. The van der Waals surface area contributed by atoms with Crippen molar-refractivity contribution >= 4 is 17.7 Å². The average Bonchev–Trinajstić information content (AvgIpc) is 2.72. The molecule has 0 atom stereocenters. The Kier molecular flexibility index (Phi) is 4.58. The molecule has 4 nitrogen and oxygen atoms in total. The van der Waals surface area contributed by atoms with Gasteiger partial charge in [-0.15, -0.1) is 0 Å². The Morgan fingerprint density at radius 2 is 1.95 bits per heavy atom. The average molecular weight is 283 g/mol. The molecule has 2 rings (SSSR count). The van der Waals surface area contributed by atoms with Crippen molar-refractivity contribution < 1.29 is 4.79 Å². The monoisotopic (exact) mass is 283 g/mol. The fourth-order valence-corrected chi connectivity index (χ4v) is 2.35. The minimum atomic E-state index is -0.0219. The molecule has 0 spiro atoms. The number of nitrogens with zero attached hydrogens (tertiary/aromatic N) is 3. The van der Waals surface area contributed by atoms with Crippen LogP contribution in [0.1, 0.15) is 23.9 Å². The Morgan fingerprint density at radius 3 is 2.48 bits per heavy atom. The highest BCUT2D eigenvalue weighted by molar-refractivity contribution is 6.03. The van der Waals surface area contributed by atoms with Gasteiger partial charge in [0.1, 0.15) is 0 Å². The van der Waals surface area contributed by atoms with Crippen molar-refractivity contribution in [3.8, 4) is 0 Å². The molecule has 1 aromatic heterocycles. The van der Waals surface area contributed by atoms with E-state index in [0.717, 1.165) is 22.6 Å². The van der Waals surface area contributed by atoms with Crippen LogP contribution in [0.2, 0.25) is 0 Å². The second-order valence-electron chi connectivity index (χ2n) is 4.96. The Morgan fingerprint density at radius 1 is 1.29 bits per heavy atom. The summed E-state index contributed by atoms with van der Waals surface area (Å²) in [5.41, 5.74) is 3.91. The van der Waals surface area contributed by atoms with Gasteiger partial charge in [0.25, 0.3) is 5.91 Å². The molecular formula is C17H21N3O. The third-order valence-corrected chi connectivity index (χ3v) is 3.61. The van der Waals surface area contributed by atoms with Crippen molar-refractivity contribution in [2.45, 2.75) is 20.8 Å². The van der Waals surface area contributed by atoms with Gasteiger partial charge in [0.05, 0.1) is 5.69 Å². The summed E-state index contributed by atoms with van der Waals surface area (Å²) in [7, 11) is 1.91. The second kappa shape index (κ2) is 6.39. The smallest absolute Gasteiger partial charge is 0.250 e. The summed E-state index contributed by atoms with van der Waals surface area (Å²) in [6.45, 7) is 6.56. The number of rotatable bonds is 4. The van der Waals surface area contributed by atoms with Gasteiger partial charge in [-0.25, -0.2) is 0 Å². The molecule has 4 heteroatoms. The summed E-state index contributed by atoms with van der Waals surface area (Å²) >= 11 is 0. The van der Waals surface area contributed by atoms with Gasteiger partial charge in [-0.2, -0.15) is 5.10 Å². The number of anilines is 1. The molecule has 1 heterocycles. The van der Waals surface area contributed by atoms with E-state index in [1.807, 2.05) is 68.9 Å². The number of benzene rings is 1. The lowest BCUT2D eigenvalue weighted by atomic mass is 10.2. The molecule has 2 aromatic rings. The topological polar surface area (TPSA) is 38.1 Å². The Bertz CT molecular complexity index is 656. The zero-order valence-electron chi connectivity index (χ0n) is 13.0. The Hall–Kier alpha value is -2.36. The van der Waals surface area contributed by atoms with Crippen molar-refractivity contribution in [3.05, 3.63) is 53.4 Å². The van der Waals surface area contributed by atoms with Gasteiger partial charge in [-0.3, -0.25) is 9.48 Å². The van der Waals surface area contributed by atoms with E-state index in [0.29, 0.717) is 6.54 Å². The lowest BCUT2D eigenvalue weighted by molar-refractivity contribution is -0.114. The van der Waals surface area contributed by atoms with Gasteiger partial charge in [-0.05, 0) is 39.0 Å². The van der Waals surface area contributed by atoms with Crippen LogP contribution in [-0.4, -0.2) is 22.2 Å². The van der Waals surface area contributed by atoms with Gasteiger partial charge in [-0.1, -0.05) is 18.2 Å². The minimum Gasteiger partial charge on any atom is -0.309 e. The minimum absolute atomic E-state index is 0.0219. The SMILES string of the molecule is CCN(C(=O)/C=C/c1c(C)nn(C)c1C)c1ccccc1. The summed E-state index contributed by atoms with van der Waals surface area (Å²) in [5.74, 6) is -0.0219. The van der Waals surface area contributed by atoms with Gasteiger partial charge in [0.2, 0.25) is 0 Å². The molecular weight excluding hydrogens is 262 g/mol. The summed E-state index contributed by atoms with van der Waals surface area (Å²) in [4.78, 5) is 14.1. The van der Waals surface area contributed by atoms with Crippen LogP contribution in [0.4, 0.5) is 5.69 Å². The number of likely N-dealkylation sites (N-methyl/N-ethyl adjacent to an activating group) is 1. The van der Waals surface area contributed by atoms with Crippen molar-refractivity contribution in [1.82, 2.24) is 9.78 Å². The Balaban J connectivity index is 2.22. The molecule has 21 heavy (non-hydrogen) atoms. The van der Waals surface area contributed by atoms with E-state index < -0.39 is 0 Å². The predicted molar refractivity (Wildman–Crippen MR) is 86.2 cm³/mol.